The highest BCUT2D eigenvalue weighted by molar-refractivity contribution is 5.82. The van der Waals surface area contributed by atoms with E-state index in [9.17, 15) is 9.59 Å². The zero-order valence-corrected chi connectivity index (χ0v) is 10.0. The summed E-state index contributed by atoms with van der Waals surface area (Å²) in [5.41, 5.74) is 0. The fraction of sp³-hybridized carbons (Fsp3) is 0.800. The predicted octanol–water partition coefficient (Wildman–Crippen LogP) is 0.527. The van der Waals surface area contributed by atoms with Crippen LogP contribution >= 0.6 is 0 Å². The van der Waals surface area contributed by atoms with Crippen molar-refractivity contribution >= 4 is 12.0 Å². The molecule has 2 amide bonds. The van der Waals surface area contributed by atoms with Gasteiger partial charge >= 0.3 is 12.0 Å². The number of carbonyl (C=O) groups is 2. The first-order valence-corrected chi connectivity index (χ1v) is 5.33. The van der Waals surface area contributed by atoms with Crippen molar-refractivity contribution in [2.75, 3.05) is 26.8 Å². The van der Waals surface area contributed by atoms with Crippen LogP contribution in [0.4, 0.5) is 4.79 Å². The minimum Gasteiger partial charge on any atom is -0.480 e. The van der Waals surface area contributed by atoms with Crippen LogP contribution in [0.25, 0.3) is 0 Å². The van der Waals surface area contributed by atoms with Gasteiger partial charge in [-0.3, -0.25) is 0 Å². The molecule has 94 valence electrons. The molecule has 0 fully saturated rings. The number of methoxy groups -OCH3 is 1. The highest BCUT2D eigenvalue weighted by Crippen LogP contribution is 1.94. The number of hydrogen-bond donors (Lipinski definition) is 2. The van der Waals surface area contributed by atoms with Crippen LogP contribution in [0.1, 0.15) is 20.3 Å². The molecule has 0 radical (unpaired) electrons. The maximum atomic E-state index is 11.6. The third-order valence-electron chi connectivity index (χ3n) is 2.09. The number of urea groups is 1. The van der Waals surface area contributed by atoms with Crippen molar-refractivity contribution in [2.45, 2.75) is 26.3 Å². The molecule has 0 saturated carbocycles. The zero-order chi connectivity index (χ0) is 12.6. The molecule has 16 heavy (non-hydrogen) atoms. The van der Waals surface area contributed by atoms with Gasteiger partial charge in [0.05, 0.1) is 6.61 Å². The molecule has 0 aromatic carbocycles. The van der Waals surface area contributed by atoms with Crippen molar-refractivity contribution in [3.05, 3.63) is 0 Å². The molecule has 0 aliphatic heterocycles. The molecule has 0 aliphatic rings. The van der Waals surface area contributed by atoms with Crippen molar-refractivity contribution in [3.8, 4) is 0 Å². The first-order chi connectivity index (χ1) is 7.56. The number of rotatable bonds is 7. The first-order valence-electron chi connectivity index (χ1n) is 5.33. The van der Waals surface area contributed by atoms with Crippen molar-refractivity contribution in [2.24, 2.45) is 0 Å². The Hall–Kier alpha value is -1.30. The molecule has 6 heteroatoms. The van der Waals surface area contributed by atoms with Gasteiger partial charge in [-0.2, -0.15) is 0 Å². The lowest BCUT2D eigenvalue weighted by atomic mass is 10.3. The third kappa shape index (κ3) is 4.97. The van der Waals surface area contributed by atoms with E-state index in [0.29, 0.717) is 13.1 Å². The lowest BCUT2D eigenvalue weighted by molar-refractivity contribution is -0.140. The van der Waals surface area contributed by atoms with E-state index >= 15 is 0 Å². The second kappa shape index (κ2) is 7.92. The van der Waals surface area contributed by atoms with Crippen LogP contribution in [0.15, 0.2) is 0 Å². The van der Waals surface area contributed by atoms with Gasteiger partial charge < -0.3 is 20.1 Å². The van der Waals surface area contributed by atoms with E-state index in [1.807, 2.05) is 13.8 Å². The highest BCUT2D eigenvalue weighted by atomic mass is 16.5. The molecule has 0 bridgehead atoms. The summed E-state index contributed by atoms with van der Waals surface area (Å²) in [4.78, 5) is 24.0. The molecule has 2 N–H and O–H groups in total. The number of nitrogens with one attached hydrogen (secondary N) is 1. The van der Waals surface area contributed by atoms with Gasteiger partial charge in [-0.15, -0.1) is 0 Å². The summed E-state index contributed by atoms with van der Waals surface area (Å²) in [6, 6.07) is -1.36. The van der Waals surface area contributed by atoms with Gasteiger partial charge in [0.1, 0.15) is 0 Å². The highest BCUT2D eigenvalue weighted by Gasteiger charge is 2.21. The van der Waals surface area contributed by atoms with Gasteiger partial charge in [0, 0.05) is 20.2 Å². The zero-order valence-electron chi connectivity index (χ0n) is 10.0. The summed E-state index contributed by atoms with van der Waals surface area (Å²) < 4.78 is 4.73. The van der Waals surface area contributed by atoms with E-state index in [-0.39, 0.29) is 12.6 Å². The number of carboxylic acid groups (broad SMARTS) is 1. The minimum absolute atomic E-state index is 0.0370. The lowest BCUT2D eigenvalue weighted by Crippen LogP contribution is -2.49. The summed E-state index contributed by atoms with van der Waals surface area (Å²) in [6.07, 6.45) is 0.837. The average molecular weight is 232 g/mol. The fourth-order valence-corrected chi connectivity index (χ4v) is 1.25. The van der Waals surface area contributed by atoms with E-state index < -0.39 is 12.0 Å². The molecule has 0 spiro atoms. The van der Waals surface area contributed by atoms with Crippen LogP contribution < -0.4 is 5.32 Å². The number of hydrogen-bond acceptors (Lipinski definition) is 3. The number of carboxylic acids is 1. The third-order valence-corrected chi connectivity index (χ3v) is 2.09. The summed E-state index contributed by atoms with van der Waals surface area (Å²) >= 11 is 0. The van der Waals surface area contributed by atoms with Crippen LogP contribution in [0.3, 0.4) is 0 Å². The standard InChI is InChI=1S/C10H20N2O4/c1-4-6-12(5-2)10(15)11-8(7-16-3)9(13)14/h8H,4-7H2,1-3H3,(H,11,15)(H,13,14). The molecule has 0 aromatic heterocycles. The number of aliphatic carboxylic acids is 1. The van der Waals surface area contributed by atoms with E-state index in [4.69, 9.17) is 9.84 Å². The summed E-state index contributed by atoms with van der Waals surface area (Å²) in [5, 5.41) is 11.2. The average Bonchev–Trinajstić information content (AvgIpc) is 2.24. The van der Waals surface area contributed by atoms with Gasteiger partial charge in [0.2, 0.25) is 0 Å². The number of amides is 2. The Labute approximate surface area is 95.6 Å². The number of ether oxygens (including phenoxy) is 1. The maximum Gasteiger partial charge on any atom is 0.328 e. The fourth-order valence-electron chi connectivity index (χ4n) is 1.25. The first kappa shape index (κ1) is 14.7. The van der Waals surface area contributed by atoms with Gasteiger partial charge in [-0.05, 0) is 13.3 Å². The van der Waals surface area contributed by atoms with Crippen molar-refractivity contribution in [3.63, 3.8) is 0 Å². The quantitative estimate of drug-likeness (QED) is 0.671. The molecule has 1 unspecified atom stereocenters. The summed E-state index contributed by atoms with van der Waals surface area (Å²) in [6.45, 7) is 4.94. The van der Waals surface area contributed by atoms with Crippen LogP contribution in [0.5, 0.6) is 0 Å². The normalized spacial score (nSPS) is 11.9. The molecule has 0 rings (SSSR count). The van der Waals surface area contributed by atoms with Gasteiger partial charge in [0.25, 0.3) is 0 Å². The SMILES string of the molecule is CCCN(CC)C(=O)NC(COC)C(=O)O. The van der Waals surface area contributed by atoms with Crippen LogP contribution in [-0.2, 0) is 9.53 Å². The van der Waals surface area contributed by atoms with E-state index in [2.05, 4.69) is 5.32 Å². The number of carbonyl (C=O) groups excluding carboxylic acids is 1. The Morgan fingerprint density at radius 3 is 2.44 bits per heavy atom. The molecule has 0 aromatic rings. The topological polar surface area (TPSA) is 78.9 Å². The molecule has 1 atom stereocenters. The van der Waals surface area contributed by atoms with Crippen molar-refractivity contribution in [1.82, 2.24) is 10.2 Å². The van der Waals surface area contributed by atoms with Gasteiger partial charge in [-0.1, -0.05) is 6.92 Å². The number of nitrogens with zero attached hydrogens (tertiary/aromatic N) is 1. The van der Waals surface area contributed by atoms with Gasteiger partial charge in [0.15, 0.2) is 6.04 Å². The molecule has 6 nitrogen and oxygen atoms in total. The Morgan fingerprint density at radius 1 is 1.44 bits per heavy atom. The summed E-state index contributed by atoms with van der Waals surface area (Å²) in [5.74, 6) is -1.09. The van der Waals surface area contributed by atoms with E-state index in [1.165, 1.54) is 7.11 Å². The Kier molecular flexibility index (Phi) is 7.28. The predicted molar refractivity (Wildman–Crippen MR) is 59.4 cm³/mol. The van der Waals surface area contributed by atoms with Crippen LogP contribution in [0.2, 0.25) is 0 Å². The van der Waals surface area contributed by atoms with E-state index in [1.54, 1.807) is 4.90 Å². The van der Waals surface area contributed by atoms with E-state index in [0.717, 1.165) is 6.42 Å². The second-order valence-electron chi connectivity index (χ2n) is 3.38. The van der Waals surface area contributed by atoms with Crippen LogP contribution in [-0.4, -0.2) is 54.9 Å². The molecule has 0 aliphatic carbocycles. The Balaban J connectivity index is 4.31. The molecular weight excluding hydrogens is 212 g/mol. The van der Waals surface area contributed by atoms with Crippen molar-refractivity contribution in [1.29, 1.82) is 0 Å². The molecule has 0 heterocycles. The van der Waals surface area contributed by atoms with Gasteiger partial charge in [-0.25, -0.2) is 9.59 Å². The maximum absolute atomic E-state index is 11.6. The minimum atomic E-state index is -1.09. The summed E-state index contributed by atoms with van der Waals surface area (Å²) in [7, 11) is 1.39. The molecule has 0 saturated heterocycles. The Morgan fingerprint density at radius 2 is 2.06 bits per heavy atom. The largest absolute Gasteiger partial charge is 0.480 e. The van der Waals surface area contributed by atoms with Crippen molar-refractivity contribution < 1.29 is 19.4 Å². The second-order valence-corrected chi connectivity index (χ2v) is 3.38. The lowest BCUT2D eigenvalue weighted by Gasteiger charge is -2.23. The van der Waals surface area contributed by atoms with Crippen LogP contribution in [0, 0.1) is 0 Å². The molecular formula is C10H20N2O4. The Bertz CT molecular complexity index is 233. The smallest absolute Gasteiger partial charge is 0.328 e. The monoisotopic (exact) mass is 232 g/mol.